The zero-order chi connectivity index (χ0) is 27.1. The van der Waals surface area contributed by atoms with Crippen LogP contribution in [0.5, 0.6) is 0 Å². The van der Waals surface area contributed by atoms with Crippen molar-refractivity contribution in [2.75, 3.05) is 19.0 Å². The molecule has 1 rings (SSSR count). The van der Waals surface area contributed by atoms with E-state index in [1.807, 2.05) is 6.92 Å². The summed E-state index contributed by atoms with van der Waals surface area (Å²) in [5.74, 6) is -2.04. The number of rotatable bonds is 18. The first-order valence-corrected chi connectivity index (χ1v) is 14.2. The normalized spacial score (nSPS) is 25.3. The molecule has 0 unspecified atom stereocenters. The molecule has 1 heterocycles. The third-order valence-electron chi connectivity index (χ3n) is 5.69. The predicted octanol–water partition coefficient (Wildman–Crippen LogP) is 1.09. The Balaban J connectivity index is 2.70. The number of carbonyl (C=O) groups is 2. The molecule has 0 aromatic carbocycles. The van der Waals surface area contributed by atoms with Crippen molar-refractivity contribution < 1.29 is 56.8 Å². The number of esters is 2. The molecule has 0 saturated carbocycles. The molecule has 4 N–H and O–H groups in total. The molecule has 0 bridgehead atoms. The fourth-order valence-corrected chi connectivity index (χ4v) is 4.28. The van der Waals surface area contributed by atoms with Gasteiger partial charge in [-0.15, -0.1) is 0 Å². The molecule has 212 valence electrons. The summed E-state index contributed by atoms with van der Waals surface area (Å²) in [5, 5.41) is 30.2. The maximum absolute atomic E-state index is 12.3. The number of carbonyl (C=O) groups excluding carboxylic acids is 2. The van der Waals surface area contributed by atoms with Crippen LogP contribution >= 0.6 is 0 Å². The summed E-state index contributed by atoms with van der Waals surface area (Å²) in [6.07, 6.45) is -1.95. The van der Waals surface area contributed by atoms with Crippen molar-refractivity contribution in [1.29, 1.82) is 0 Å². The van der Waals surface area contributed by atoms with Gasteiger partial charge in [0.15, 0.2) is 12.4 Å². The summed E-state index contributed by atoms with van der Waals surface area (Å²) >= 11 is 0. The van der Waals surface area contributed by atoms with Crippen LogP contribution in [0.25, 0.3) is 0 Å². The SMILES string of the molecule is CCCCCCCCC(=O)O[C@H](COC(=O)CCCC)CO[C@@H]1O[C@H](CS(=O)(=O)O)[C@@H](O)[C@H](O)[C@H]1O. The highest BCUT2D eigenvalue weighted by Crippen LogP contribution is 2.23. The Morgan fingerprint density at radius 2 is 1.44 bits per heavy atom. The standard InChI is InChI=1S/C23H42O12S/c1-3-5-7-8-9-10-12-19(25)34-16(13-32-18(24)11-6-4-2)14-33-23-22(28)21(27)20(26)17(35-23)15-36(29,30)31/h16-17,20-23,26-28H,3-15H2,1-2H3,(H,29,30,31)/t16-,17-,20-,21+,22-,23-/m1/s1. The zero-order valence-corrected chi connectivity index (χ0v) is 21.9. The maximum Gasteiger partial charge on any atom is 0.306 e. The van der Waals surface area contributed by atoms with Crippen LogP contribution in [-0.4, -0.2) is 96.0 Å². The van der Waals surface area contributed by atoms with E-state index in [0.29, 0.717) is 12.8 Å². The fourth-order valence-electron chi connectivity index (χ4n) is 3.59. The molecular weight excluding hydrogens is 500 g/mol. The van der Waals surface area contributed by atoms with E-state index in [9.17, 15) is 33.3 Å². The molecule has 12 nitrogen and oxygen atoms in total. The lowest BCUT2D eigenvalue weighted by molar-refractivity contribution is -0.297. The van der Waals surface area contributed by atoms with Gasteiger partial charge in [-0.2, -0.15) is 8.42 Å². The van der Waals surface area contributed by atoms with Crippen molar-refractivity contribution in [2.24, 2.45) is 0 Å². The molecule has 0 radical (unpaired) electrons. The van der Waals surface area contributed by atoms with Crippen LogP contribution in [0.4, 0.5) is 0 Å². The summed E-state index contributed by atoms with van der Waals surface area (Å²) in [6.45, 7) is 3.31. The van der Waals surface area contributed by atoms with Crippen molar-refractivity contribution in [3.05, 3.63) is 0 Å². The van der Waals surface area contributed by atoms with E-state index in [1.54, 1.807) is 0 Å². The number of aliphatic hydroxyl groups excluding tert-OH is 3. The van der Waals surface area contributed by atoms with Crippen molar-refractivity contribution in [1.82, 2.24) is 0 Å². The maximum atomic E-state index is 12.3. The average molecular weight is 543 g/mol. The van der Waals surface area contributed by atoms with Crippen molar-refractivity contribution in [2.45, 2.75) is 115 Å². The molecule has 0 aliphatic carbocycles. The van der Waals surface area contributed by atoms with Gasteiger partial charge in [0.05, 0.1) is 6.61 Å². The lowest BCUT2D eigenvalue weighted by atomic mass is 10.00. The Labute approximate surface area is 213 Å². The quantitative estimate of drug-likeness (QED) is 0.110. The largest absolute Gasteiger partial charge is 0.462 e. The Hall–Kier alpha value is -1.35. The van der Waals surface area contributed by atoms with Gasteiger partial charge in [-0.1, -0.05) is 52.4 Å². The summed E-state index contributed by atoms with van der Waals surface area (Å²) in [7, 11) is -4.57. The van der Waals surface area contributed by atoms with Gasteiger partial charge in [0.25, 0.3) is 10.1 Å². The van der Waals surface area contributed by atoms with E-state index in [4.69, 9.17) is 23.5 Å². The molecule has 1 saturated heterocycles. The fraction of sp³-hybridized carbons (Fsp3) is 0.913. The second-order valence-electron chi connectivity index (χ2n) is 9.01. The molecule has 1 aliphatic heterocycles. The smallest absolute Gasteiger partial charge is 0.306 e. The Morgan fingerprint density at radius 3 is 2.08 bits per heavy atom. The second kappa shape index (κ2) is 17.2. The van der Waals surface area contributed by atoms with Crippen LogP contribution in [0.15, 0.2) is 0 Å². The molecular formula is C23H42O12S. The van der Waals surface area contributed by atoms with Crippen LogP contribution in [0, 0.1) is 0 Å². The van der Waals surface area contributed by atoms with Gasteiger partial charge in [-0.05, 0) is 12.8 Å². The first-order chi connectivity index (χ1) is 17.0. The van der Waals surface area contributed by atoms with Gasteiger partial charge >= 0.3 is 11.9 Å². The number of hydrogen-bond donors (Lipinski definition) is 4. The monoisotopic (exact) mass is 542 g/mol. The summed E-state index contributed by atoms with van der Waals surface area (Å²) in [6, 6.07) is 0. The predicted molar refractivity (Wildman–Crippen MR) is 127 cm³/mol. The lowest BCUT2D eigenvalue weighted by Gasteiger charge is -2.40. The summed E-state index contributed by atoms with van der Waals surface area (Å²) in [5.41, 5.74) is 0. The molecule has 6 atom stereocenters. The van der Waals surface area contributed by atoms with Crippen LogP contribution in [-0.2, 0) is 38.7 Å². The van der Waals surface area contributed by atoms with Gasteiger partial charge in [0, 0.05) is 12.8 Å². The first kappa shape index (κ1) is 32.7. The highest BCUT2D eigenvalue weighted by Gasteiger charge is 2.46. The highest BCUT2D eigenvalue weighted by atomic mass is 32.2. The molecule has 0 aromatic heterocycles. The summed E-state index contributed by atoms with van der Waals surface area (Å²) < 4.78 is 52.6. The summed E-state index contributed by atoms with van der Waals surface area (Å²) in [4.78, 5) is 24.2. The van der Waals surface area contributed by atoms with E-state index in [0.717, 1.165) is 38.5 Å². The third-order valence-corrected chi connectivity index (χ3v) is 6.44. The van der Waals surface area contributed by atoms with Gasteiger partial charge in [0.2, 0.25) is 0 Å². The second-order valence-corrected chi connectivity index (χ2v) is 10.5. The third kappa shape index (κ3) is 13.3. The zero-order valence-electron chi connectivity index (χ0n) is 21.1. The number of ether oxygens (including phenoxy) is 4. The molecule has 0 amide bonds. The first-order valence-electron chi connectivity index (χ1n) is 12.6. The highest BCUT2D eigenvalue weighted by molar-refractivity contribution is 7.85. The van der Waals surface area contributed by atoms with Crippen molar-refractivity contribution >= 4 is 22.1 Å². The average Bonchev–Trinajstić information content (AvgIpc) is 2.81. The molecule has 13 heteroatoms. The molecule has 36 heavy (non-hydrogen) atoms. The van der Waals surface area contributed by atoms with E-state index in [2.05, 4.69) is 6.92 Å². The number of hydrogen-bond acceptors (Lipinski definition) is 11. The number of aliphatic hydroxyl groups is 3. The van der Waals surface area contributed by atoms with E-state index in [-0.39, 0.29) is 19.4 Å². The van der Waals surface area contributed by atoms with E-state index < -0.39 is 71.2 Å². The van der Waals surface area contributed by atoms with E-state index >= 15 is 0 Å². The van der Waals surface area contributed by atoms with Crippen molar-refractivity contribution in [3.8, 4) is 0 Å². The van der Waals surface area contributed by atoms with Gasteiger partial charge in [-0.3, -0.25) is 14.1 Å². The molecule has 0 spiro atoms. The molecule has 1 fully saturated rings. The van der Waals surface area contributed by atoms with Gasteiger partial charge < -0.3 is 34.3 Å². The minimum Gasteiger partial charge on any atom is -0.462 e. The minimum atomic E-state index is -4.57. The number of unbranched alkanes of at least 4 members (excludes halogenated alkanes) is 6. The van der Waals surface area contributed by atoms with Gasteiger partial charge in [0.1, 0.15) is 36.8 Å². The van der Waals surface area contributed by atoms with Crippen LogP contribution < -0.4 is 0 Å². The van der Waals surface area contributed by atoms with Gasteiger partial charge in [-0.25, -0.2) is 0 Å². The molecule has 1 aliphatic rings. The Bertz CT molecular complexity index is 743. The van der Waals surface area contributed by atoms with E-state index in [1.165, 1.54) is 0 Å². The topological polar surface area (TPSA) is 186 Å². The van der Waals surface area contributed by atoms with Crippen LogP contribution in [0.1, 0.15) is 78.1 Å². The molecule has 0 aromatic rings. The Morgan fingerprint density at radius 1 is 0.833 bits per heavy atom. The lowest BCUT2D eigenvalue weighted by Crippen LogP contribution is -2.60. The Kier molecular flexibility index (Phi) is 15.6. The minimum absolute atomic E-state index is 0.163. The van der Waals surface area contributed by atoms with Crippen molar-refractivity contribution in [3.63, 3.8) is 0 Å². The van der Waals surface area contributed by atoms with Crippen LogP contribution in [0.2, 0.25) is 0 Å². The van der Waals surface area contributed by atoms with Crippen LogP contribution in [0.3, 0.4) is 0 Å².